The van der Waals surface area contributed by atoms with E-state index in [1.807, 2.05) is 0 Å². The van der Waals surface area contributed by atoms with Gasteiger partial charge in [-0.15, -0.1) is 0 Å². The molecular weight excluding hydrogens is 352 g/mol. The van der Waals surface area contributed by atoms with Gasteiger partial charge in [-0.1, -0.05) is 11.6 Å². The van der Waals surface area contributed by atoms with E-state index in [9.17, 15) is 19.7 Å². The first kappa shape index (κ1) is 18.2. The van der Waals surface area contributed by atoms with Crippen molar-refractivity contribution in [1.82, 2.24) is 0 Å². The Bertz CT molecular complexity index is 807. The fourth-order valence-corrected chi connectivity index (χ4v) is 2.10. The third-order valence-electron chi connectivity index (χ3n) is 3.10. The van der Waals surface area contributed by atoms with E-state index in [0.29, 0.717) is 11.4 Å². The molecule has 8 nitrogen and oxygen atoms in total. The van der Waals surface area contributed by atoms with Gasteiger partial charge in [0.05, 0.1) is 22.6 Å². The third-order valence-corrected chi connectivity index (χ3v) is 3.42. The fraction of sp³-hybridized carbons (Fsp3) is 0.125. The lowest BCUT2D eigenvalue weighted by Gasteiger charge is -2.08. The van der Waals surface area contributed by atoms with Crippen LogP contribution < -0.4 is 10.1 Å². The van der Waals surface area contributed by atoms with Gasteiger partial charge >= 0.3 is 5.97 Å². The van der Waals surface area contributed by atoms with Crippen LogP contribution in [0.1, 0.15) is 10.4 Å². The topological polar surface area (TPSA) is 108 Å². The lowest BCUT2D eigenvalue weighted by molar-refractivity contribution is -0.384. The maximum atomic E-state index is 12.2. The van der Waals surface area contributed by atoms with Crippen LogP contribution in [0.4, 0.5) is 11.4 Å². The Hall–Kier alpha value is -3.13. The monoisotopic (exact) mass is 364 g/mol. The van der Waals surface area contributed by atoms with Crippen molar-refractivity contribution in [3.05, 3.63) is 63.2 Å². The molecule has 2 aromatic carbocycles. The van der Waals surface area contributed by atoms with Crippen molar-refractivity contribution < 1.29 is 24.0 Å². The number of methoxy groups -OCH3 is 1. The van der Waals surface area contributed by atoms with E-state index in [1.54, 1.807) is 24.3 Å². The number of nitrogens with one attached hydrogen (secondary N) is 1. The maximum Gasteiger partial charge on any atom is 0.343 e. The van der Waals surface area contributed by atoms with Crippen molar-refractivity contribution in [2.75, 3.05) is 19.0 Å². The standard InChI is InChI=1S/C16H13ClN2O6/c1-24-15(20)9-25-12-5-2-10(3-6-12)18-16(21)13-7-4-11(19(22)23)8-14(13)17/h2-8H,9H2,1H3,(H,18,21). The smallest absolute Gasteiger partial charge is 0.343 e. The lowest BCUT2D eigenvalue weighted by Crippen LogP contribution is -2.13. The zero-order valence-corrected chi connectivity index (χ0v) is 13.8. The molecular formula is C16H13ClN2O6. The van der Waals surface area contributed by atoms with E-state index in [4.69, 9.17) is 16.3 Å². The second kappa shape index (κ2) is 8.11. The number of hydrogen-bond donors (Lipinski definition) is 1. The number of non-ortho nitro benzene ring substituents is 1. The van der Waals surface area contributed by atoms with Crippen molar-refractivity contribution in [3.8, 4) is 5.75 Å². The molecule has 0 heterocycles. The van der Waals surface area contributed by atoms with Gasteiger partial charge in [-0.05, 0) is 30.3 Å². The maximum absolute atomic E-state index is 12.2. The highest BCUT2D eigenvalue weighted by molar-refractivity contribution is 6.34. The molecule has 0 bridgehead atoms. The van der Waals surface area contributed by atoms with Crippen LogP contribution in [0.15, 0.2) is 42.5 Å². The van der Waals surface area contributed by atoms with Crippen molar-refractivity contribution in [3.63, 3.8) is 0 Å². The molecule has 0 spiro atoms. The Morgan fingerprint density at radius 1 is 1.20 bits per heavy atom. The molecule has 9 heteroatoms. The summed E-state index contributed by atoms with van der Waals surface area (Å²) in [6.07, 6.45) is 0. The predicted molar refractivity (Wildman–Crippen MR) is 90.0 cm³/mol. The van der Waals surface area contributed by atoms with Crippen LogP contribution >= 0.6 is 11.6 Å². The summed E-state index contributed by atoms with van der Waals surface area (Å²) in [6, 6.07) is 9.87. The summed E-state index contributed by atoms with van der Waals surface area (Å²) < 4.78 is 9.64. The molecule has 130 valence electrons. The van der Waals surface area contributed by atoms with Crippen LogP contribution in [0.3, 0.4) is 0 Å². The van der Waals surface area contributed by atoms with E-state index in [0.717, 1.165) is 6.07 Å². The summed E-state index contributed by atoms with van der Waals surface area (Å²) in [6.45, 7) is -0.222. The Labute approximate surface area is 147 Å². The normalized spacial score (nSPS) is 10.0. The quantitative estimate of drug-likeness (QED) is 0.479. The number of nitro benzene ring substituents is 1. The fourth-order valence-electron chi connectivity index (χ4n) is 1.84. The Kier molecular flexibility index (Phi) is 5.91. The van der Waals surface area contributed by atoms with Crippen LogP contribution in [-0.2, 0) is 9.53 Å². The van der Waals surface area contributed by atoms with Gasteiger partial charge in [0.1, 0.15) is 5.75 Å². The summed E-state index contributed by atoms with van der Waals surface area (Å²) in [5, 5.41) is 13.3. The van der Waals surface area contributed by atoms with Crippen molar-refractivity contribution in [1.29, 1.82) is 0 Å². The number of esters is 1. The largest absolute Gasteiger partial charge is 0.482 e. The summed E-state index contributed by atoms with van der Waals surface area (Å²) in [5.41, 5.74) is 0.372. The summed E-state index contributed by atoms with van der Waals surface area (Å²) in [5.74, 6) is -0.593. The van der Waals surface area contributed by atoms with E-state index >= 15 is 0 Å². The molecule has 0 saturated carbocycles. The number of rotatable bonds is 6. The first-order valence-corrected chi connectivity index (χ1v) is 7.33. The highest BCUT2D eigenvalue weighted by Crippen LogP contribution is 2.24. The molecule has 0 unspecified atom stereocenters. The molecule has 25 heavy (non-hydrogen) atoms. The summed E-state index contributed by atoms with van der Waals surface area (Å²) in [4.78, 5) is 33.3. The minimum absolute atomic E-state index is 0.0234. The van der Waals surface area contributed by atoms with Gasteiger partial charge < -0.3 is 14.8 Å². The van der Waals surface area contributed by atoms with Gasteiger partial charge in [0.15, 0.2) is 6.61 Å². The number of carbonyl (C=O) groups is 2. The van der Waals surface area contributed by atoms with Crippen molar-refractivity contribution in [2.24, 2.45) is 0 Å². The first-order valence-electron chi connectivity index (χ1n) is 6.95. The zero-order chi connectivity index (χ0) is 18.4. The molecule has 0 atom stereocenters. The minimum atomic E-state index is -0.597. The van der Waals surface area contributed by atoms with Crippen LogP contribution in [0.25, 0.3) is 0 Å². The highest BCUT2D eigenvalue weighted by Gasteiger charge is 2.15. The molecule has 0 radical (unpaired) electrons. The molecule has 0 aliphatic heterocycles. The summed E-state index contributed by atoms with van der Waals surface area (Å²) >= 11 is 5.92. The van der Waals surface area contributed by atoms with Gasteiger partial charge in [0, 0.05) is 17.8 Å². The molecule has 0 saturated heterocycles. The van der Waals surface area contributed by atoms with Crippen molar-refractivity contribution >= 4 is 34.9 Å². The van der Waals surface area contributed by atoms with E-state index in [-0.39, 0.29) is 22.9 Å². The van der Waals surface area contributed by atoms with E-state index in [1.165, 1.54) is 19.2 Å². The third kappa shape index (κ3) is 4.92. The van der Waals surface area contributed by atoms with Gasteiger partial charge in [-0.2, -0.15) is 0 Å². The number of hydrogen-bond acceptors (Lipinski definition) is 6. The Balaban J connectivity index is 2.03. The lowest BCUT2D eigenvalue weighted by atomic mass is 10.2. The number of nitrogens with zero attached hydrogens (tertiary/aromatic N) is 1. The van der Waals surface area contributed by atoms with E-state index < -0.39 is 16.8 Å². The Morgan fingerprint density at radius 3 is 2.44 bits per heavy atom. The number of anilines is 1. The number of amides is 1. The summed E-state index contributed by atoms with van der Waals surface area (Å²) in [7, 11) is 1.26. The second-order valence-electron chi connectivity index (χ2n) is 4.76. The molecule has 2 rings (SSSR count). The Morgan fingerprint density at radius 2 is 1.88 bits per heavy atom. The van der Waals surface area contributed by atoms with Gasteiger partial charge in [-0.25, -0.2) is 4.79 Å². The predicted octanol–water partition coefficient (Wildman–Crippen LogP) is 3.05. The van der Waals surface area contributed by atoms with Gasteiger partial charge in [0.25, 0.3) is 11.6 Å². The van der Waals surface area contributed by atoms with Crippen LogP contribution in [0.5, 0.6) is 5.75 Å². The molecule has 1 amide bonds. The second-order valence-corrected chi connectivity index (χ2v) is 5.17. The molecule has 0 aromatic heterocycles. The average Bonchev–Trinajstić information content (AvgIpc) is 2.60. The van der Waals surface area contributed by atoms with Gasteiger partial charge in [-0.3, -0.25) is 14.9 Å². The molecule has 0 fully saturated rings. The average molecular weight is 365 g/mol. The number of benzene rings is 2. The van der Waals surface area contributed by atoms with Crippen LogP contribution in [-0.4, -0.2) is 30.5 Å². The van der Waals surface area contributed by atoms with Crippen LogP contribution in [0.2, 0.25) is 5.02 Å². The number of nitro groups is 1. The van der Waals surface area contributed by atoms with E-state index in [2.05, 4.69) is 10.1 Å². The molecule has 1 N–H and O–H groups in total. The SMILES string of the molecule is COC(=O)COc1ccc(NC(=O)c2ccc([N+](=O)[O-])cc2Cl)cc1. The minimum Gasteiger partial charge on any atom is -0.482 e. The molecule has 0 aliphatic carbocycles. The number of ether oxygens (including phenoxy) is 2. The number of halogens is 1. The van der Waals surface area contributed by atoms with Gasteiger partial charge in [0.2, 0.25) is 0 Å². The molecule has 2 aromatic rings. The zero-order valence-electron chi connectivity index (χ0n) is 13.0. The van der Waals surface area contributed by atoms with Crippen molar-refractivity contribution in [2.45, 2.75) is 0 Å². The molecule has 0 aliphatic rings. The number of carbonyl (C=O) groups excluding carboxylic acids is 2. The first-order chi connectivity index (χ1) is 11.9. The van der Waals surface area contributed by atoms with Crippen LogP contribution in [0, 0.1) is 10.1 Å². The highest BCUT2D eigenvalue weighted by atomic mass is 35.5.